The van der Waals surface area contributed by atoms with Crippen LogP contribution in [0, 0.1) is 0 Å². The van der Waals surface area contributed by atoms with E-state index in [1.165, 1.54) is 16.6 Å². The second-order valence-electron chi connectivity index (χ2n) is 5.20. The Morgan fingerprint density at radius 1 is 1.44 bits per heavy atom. The van der Waals surface area contributed by atoms with Crippen molar-refractivity contribution in [2.75, 3.05) is 11.1 Å². The fourth-order valence-corrected chi connectivity index (χ4v) is 3.86. The molecule has 0 radical (unpaired) electrons. The highest BCUT2D eigenvalue weighted by atomic mass is 35.5. The molecule has 0 aliphatic heterocycles. The van der Waals surface area contributed by atoms with Crippen molar-refractivity contribution in [3.8, 4) is 11.4 Å². The van der Waals surface area contributed by atoms with Gasteiger partial charge in [0, 0.05) is 29.1 Å². The van der Waals surface area contributed by atoms with E-state index in [0.717, 1.165) is 17.8 Å². The Morgan fingerprint density at radius 3 is 3.00 bits per heavy atom. The molecule has 1 amide bonds. The summed E-state index contributed by atoms with van der Waals surface area (Å²) in [6.07, 6.45) is 2.57. The molecule has 0 saturated heterocycles. The monoisotopic (exact) mass is 393 g/mol. The Balaban J connectivity index is 1.64. The SMILES string of the molecule is CCc1cc(-c2nnc(SCC(=O)Nc3cccnc3Cl)n2C)cs1. The number of nitrogens with one attached hydrogen (secondary N) is 1. The quantitative estimate of drug-likeness (QED) is 0.508. The molecule has 0 aliphatic carbocycles. The van der Waals surface area contributed by atoms with Gasteiger partial charge in [0.15, 0.2) is 16.1 Å². The van der Waals surface area contributed by atoms with E-state index >= 15 is 0 Å². The normalized spacial score (nSPS) is 10.8. The minimum absolute atomic E-state index is 0.173. The Bertz CT molecular complexity index is 892. The highest BCUT2D eigenvalue weighted by molar-refractivity contribution is 7.99. The molecule has 0 spiro atoms. The van der Waals surface area contributed by atoms with E-state index in [1.54, 1.807) is 29.7 Å². The van der Waals surface area contributed by atoms with E-state index in [0.29, 0.717) is 10.8 Å². The van der Waals surface area contributed by atoms with Crippen molar-refractivity contribution in [1.29, 1.82) is 0 Å². The number of rotatable bonds is 6. The van der Waals surface area contributed by atoms with Gasteiger partial charge in [-0.15, -0.1) is 21.5 Å². The Kier molecular flexibility index (Phi) is 5.72. The zero-order valence-electron chi connectivity index (χ0n) is 13.7. The molecule has 3 rings (SSSR count). The van der Waals surface area contributed by atoms with Gasteiger partial charge in [-0.1, -0.05) is 30.3 Å². The fraction of sp³-hybridized carbons (Fsp3) is 0.250. The summed E-state index contributed by atoms with van der Waals surface area (Å²) in [5.41, 5.74) is 1.55. The van der Waals surface area contributed by atoms with Crippen LogP contribution in [0.1, 0.15) is 11.8 Å². The van der Waals surface area contributed by atoms with Crippen molar-refractivity contribution in [3.05, 3.63) is 39.8 Å². The molecule has 0 fully saturated rings. The first-order valence-corrected chi connectivity index (χ1v) is 9.83. The third-order valence-electron chi connectivity index (χ3n) is 3.46. The Morgan fingerprint density at radius 2 is 2.28 bits per heavy atom. The molecule has 3 aromatic rings. The van der Waals surface area contributed by atoms with Gasteiger partial charge in [-0.05, 0) is 24.6 Å². The predicted molar refractivity (Wildman–Crippen MR) is 102 cm³/mol. The number of aromatic nitrogens is 4. The summed E-state index contributed by atoms with van der Waals surface area (Å²) in [5.74, 6) is 0.837. The van der Waals surface area contributed by atoms with Gasteiger partial charge in [0.25, 0.3) is 0 Å². The Hall–Kier alpha value is -1.90. The van der Waals surface area contributed by atoms with Gasteiger partial charge in [0.2, 0.25) is 5.91 Å². The largest absolute Gasteiger partial charge is 0.323 e. The minimum atomic E-state index is -0.173. The number of pyridine rings is 1. The average Bonchev–Trinajstić information content (AvgIpc) is 3.21. The van der Waals surface area contributed by atoms with E-state index in [-0.39, 0.29) is 16.8 Å². The van der Waals surface area contributed by atoms with Crippen LogP contribution in [0.15, 0.2) is 34.9 Å². The Labute approximate surface area is 158 Å². The molecule has 3 aromatic heterocycles. The number of amides is 1. The second kappa shape index (κ2) is 7.99. The van der Waals surface area contributed by atoms with Crippen molar-refractivity contribution in [2.24, 2.45) is 7.05 Å². The number of carbonyl (C=O) groups is 1. The van der Waals surface area contributed by atoms with Crippen molar-refractivity contribution in [3.63, 3.8) is 0 Å². The number of thioether (sulfide) groups is 1. The topological polar surface area (TPSA) is 72.7 Å². The van der Waals surface area contributed by atoms with Crippen LogP contribution in [-0.2, 0) is 18.3 Å². The van der Waals surface area contributed by atoms with E-state index in [2.05, 4.69) is 38.9 Å². The van der Waals surface area contributed by atoms with Crippen LogP contribution in [0.5, 0.6) is 0 Å². The molecule has 3 heterocycles. The van der Waals surface area contributed by atoms with Crippen LogP contribution < -0.4 is 5.32 Å². The highest BCUT2D eigenvalue weighted by Gasteiger charge is 2.14. The first-order valence-electron chi connectivity index (χ1n) is 7.58. The second-order valence-corrected chi connectivity index (χ2v) is 7.50. The summed E-state index contributed by atoms with van der Waals surface area (Å²) in [6, 6.07) is 5.55. The van der Waals surface area contributed by atoms with Crippen LogP contribution in [0.25, 0.3) is 11.4 Å². The van der Waals surface area contributed by atoms with Crippen LogP contribution in [0.2, 0.25) is 5.15 Å². The van der Waals surface area contributed by atoms with Crippen LogP contribution in [0.4, 0.5) is 5.69 Å². The molecule has 0 bridgehead atoms. The van der Waals surface area contributed by atoms with Crippen LogP contribution >= 0.6 is 34.7 Å². The van der Waals surface area contributed by atoms with Crippen LogP contribution in [-0.4, -0.2) is 31.4 Å². The minimum Gasteiger partial charge on any atom is -0.323 e. The summed E-state index contributed by atoms with van der Waals surface area (Å²) in [4.78, 5) is 17.3. The lowest BCUT2D eigenvalue weighted by Crippen LogP contribution is -2.15. The lowest BCUT2D eigenvalue weighted by molar-refractivity contribution is -0.113. The van der Waals surface area contributed by atoms with Gasteiger partial charge >= 0.3 is 0 Å². The molecule has 6 nitrogen and oxygen atoms in total. The average molecular weight is 394 g/mol. The zero-order valence-corrected chi connectivity index (χ0v) is 16.1. The smallest absolute Gasteiger partial charge is 0.234 e. The van der Waals surface area contributed by atoms with E-state index in [1.807, 2.05) is 11.6 Å². The number of aryl methyl sites for hydroxylation is 1. The van der Waals surface area contributed by atoms with Gasteiger partial charge in [-0.25, -0.2) is 4.98 Å². The van der Waals surface area contributed by atoms with Gasteiger partial charge in [0.05, 0.1) is 11.4 Å². The van der Waals surface area contributed by atoms with Gasteiger partial charge in [-0.3, -0.25) is 4.79 Å². The van der Waals surface area contributed by atoms with Crippen molar-refractivity contribution in [1.82, 2.24) is 19.7 Å². The third kappa shape index (κ3) is 4.20. The number of hydrogen-bond acceptors (Lipinski definition) is 6. The molecule has 9 heteroatoms. The van der Waals surface area contributed by atoms with Gasteiger partial charge in [-0.2, -0.15) is 0 Å². The molecular weight excluding hydrogens is 378 g/mol. The molecule has 130 valence electrons. The lowest BCUT2D eigenvalue weighted by atomic mass is 10.2. The van der Waals surface area contributed by atoms with E-state index in [4.69, 9.17) is 11.6 Å². The number of anilines is 1. The van der Waals surface area contributed by atoms with Crippen molar-refractivity contribution < 1.29 is 4.79 Å². The van der Waals surface area contributed by atoms with Crippen molar-refractivity contribution in [2.45, 2.75) is 18.5 Å². The summed E-state index contributed by atoms with van der Waals surface area (Å²) in [7, 11) is 1.90. The summed E-state index contributed by atoms with van der Waals surface area (Å²) in [5, 5.41) is 14.2. The van der Waals surface area contributed by atoms with Gasteiger partial charge in [0.1, 0.15) is 0 Å². The summed E-state index contributed by atoms with van der Waals surface area (Å²) >= 11 is 8.98. The first-order chi connectivity index (χ1) is 12.1. The molecule has 0 aliphatic rings. The predicted octanol–water partition coefficient (Wildman–Crippen LogP) is 3.89. The maximum absolute atomic E-state index is 12.1. The molecular formula is C16H16ClN5OS2. The van der Waals surface area contributed by atoms with Gasteiger partial charge < -0.3 is 9.88 Å². The number of carbonyl (C=O) groups excluding carboxylic acids is 1. The molecule has 0 unspecified atom stereocenters. The van der Waals surface area contributed by atoms with E-state index in [9.17, 15) is 4.79 Å². The summed E-state index contributed by atoms with van der Waals surface area (Å²) in [6.45, 7) is 2.13. The number of halogens is 1. The number of hydrogen-bond donors (Lipinski definition) is 1. The lowest BCUT2D eigenvalue weighted by Gasteiger charge is -2.06. The number of nitrogens with zero attached hydrogens (tertiary/aromatic N) is 4. The number of thiophene rings is 1. The van der Waals surface area contributed by atoms with E-state index < -0.39 is 0 Å². The maximum atomic E-state index is 12.1. The first kappa shape index (κ1) is 17.9. The standard InChI is InChI=1S/C16H16ClN5OS2/c1-3-11-7-10(8-24-11)15-20-21-16(22(15)2)25-9-13(23)19-12-5-4-6-18-14(12)17/h4-8H,3,9H2,1-2H3,(H,19,23). The molecule has 0 saturated carbocycles. The summed E-state index contributed by atoms with van der Waals surface area (Å²) < 4.78 is 1.90. The molecule has 0 aromatic carbocycles. The molecule has 1 N–H and O–H groups in total. The zero-order chi connectivity index (χ0) is 17.8. The third-order valence-corrected chi connectivity index (χ3v) is 5.86. The molecule has 25 heavy (non-hydrogen) atoms. The molecule has 0 atom stereocenters. The van der Waals surface area contributed by atoms with Crippen molar-refractivity contribution >= 4 is 46.3 Å². The highest BCUT2D eigenvalue weighted by Crippen LogP contribution is 2.27. The van der Waals surface area contributed by atoms with Crippen LogP contribution in [0.3, 0.4) is 0 Å². The fourth-order valence-electron chi connectivity index (χ4n) is 2.17. The maximum Gasteiger partial charge on any atom is 0.234 e.